The molecule has 0 aliphatic carbocycles. The molecule has 0 amide bonds. The molecule has 0 saturated carbocycles. The fraction of sp³-hybridized carbons (Fsp3) is 0.0294. The number of furan rings is 1. The van der Waals surface area contributed by atoms with E-state index in [-0.39, 0.29) is 0 Å². The number of hydrogen-bond donors (Lipinski definition) is 0. The summed E-state index contributed by atoms with van der Waals surface area (Å²) in [5, 5.41) is 3.44. The number of aryl methyl sites for hydroxylation is 1. The molecular formula is C34H23NO. The van der Waals surface area contributed by atoms with Gasteiger partial charge in [0.25, 0.3) is 0 Å². The summed E-state index contributed by atoms with van der Waals surface area (Å²) >= 11 is 0. The van der Waals surface area contributed by atoms with E-state index in [9.17, 15) is 0 Å². The first-order valence-corrected chi connectivity index (χ1v) is 12.2. The first kappa shape index (κ1) is 20.7. The normalized spacial score (nSPS) is 11.5. The lowest BCUT2D eigenvalue weighted by atomic mass is 9.98. The van der Waals surface area contributed by atoms with Crippen LogP contribution in [0, 0.1) is 6.92 Å². The van der Waals surface area contributed by atoms with Crippen LogP contribution >= 0.6 is 0 Å². The first-order chi connectivity index (χ1) is 17.7. The number of benzene rings is 5. The summed E-state index contributed by atoms with van der Waals surface area (Å²) in [4.78, 5) is 4.74. The molecule has 0 aliphatic heterocycles. The minimum atomic E-state index is 0.920. The van der Waals surface area contributed by atoms with Gasteiger partial charge in [-0.05, 0) is 53.4 Å². The van der Waals surface area contributed by atoms with Crippen LogP contribution in [0.15, 0.2) is 126 Å². The molecule has 2 nitrogen and oxygen atoms in total. The molecule has 7 rings (SSSR count). The fourth-order valence-electron chi connectivity index (χ4n) is 5.03. The molecule has 0 fully saturated rings. The van der Waals surface area contributed by atoms with Crippen molar-refractivity contribution >= 4 is 32.8 Å². The summed E-state index contributed by atoms with van der Waals surface area (Å²) in [5.74, 6) is 0. The van der Waals surface area contributed by atoms with E-state index in [1.807, 2.05) is 18.3 Å². The van der Waals surface area contributed by atoms with E-state index >= 15 is 0 Å². The van der Waals surface area contributed by atoms with Crippen LogP contribution in [0.5, 0.6) is 0 Å². The number of fused-ring (bicyclic) bond motifs is 4. The van der Waals surface area contributed by atoms with Gasteiger partial charge in [-0.25, -0.2) is 0 Å². The maximum Gasteiger partial charge on any atom is 0.143 e. The number of para-hydroxylation sites is 2. The standard InChI is InChI=1S/C34H23NO/c1-22-9-11-23(12-10-22)26-17-18-32-27(19-26)20-28(21-35-32)24-13-15-25(16-14-24)29-6-4-7-31-30-5-2-3-8-33(30)36-34(29)31/h2-21H,1H3. The maximum atomic E-state index is 6.25. The zero-order valence-corrected chi connectivity index (χ0v) is 19.9. The highest BCUT2D eigenvalue weighted by Crippen LogP contribution is 2.36. The average molecular weight is 462 g/mol. The Bertz CT molecular complexity index is 1880. The van der Waals surface area contributed by atoms with Crippen molar-refractivity contribution in [2.24, 2.45) is 0 Å². The lowest BCUT2D eigenvalue weighted by molar-refractivity contribution is 0.670. The molecule has 0 N–H and O–H groups in total. The van der Waals surface area contributed by atoms with Gasteiger partial charge in [-0.2, -0.15) is 0 Å². The van der Waals surface area contributed by atoms with Crippen molar-refractivity contribution in [2.75, 3.05) is 0 Å². The first-order valence-electron chi connectivity index (χ1n) is 12.2. The summed E-state index contributed by atoms with van der Waals surface area (Å²) in [6.45, 7) is 2.11. The second kappa shape index (κ2) is 8.21. The summed E-state index contributed by atoms with van der Waals surface area (Å²) in [7, 11) is 0. The van der Waals surface area contributed by atoms with Crippen molar-refractivity contribution in [3.63, 3.8) is 0 Å². The molecule has 36 heavy (non-hydrogen) atoms. The van der Waals surface area contributed by atoms with Gasteiger partial charge in [0.15, 0.2) is 0 Å². The lowest BCUT2D eigenvalue weighted by Gasteiger charge is -2.08. The highest BCUT2D eigenvalue weighted by molar-refractivity contribution is 6.09. The molecule has 2 aromatic heterocycles. The van der Waals surface area contributed by atoms with Gasteiger partial charge in [0, 0.05) is 33.5 Å². The number of nitrogens with zero attached hydrogens (tertiary/aromatic N) is 1. The van der Waals surface area contributed by atoms with Crippen molar-refractivity contribution in [1.82, 2.24) is 4.98 Å². The van der Waals surface area contributed by atoms with Gasteiger partial charge in [-0.3, -0.25) is 4.98 Å². The molecule has 0 radical (unpaired) electrons. The van der Waals surface area contributed by atoms with Crippen molar-refractivity contribution in [3.05, 3.63) is 127 Å². The van der Waals surface area contributed by atoms with Gasteiger partial charge >= 0.3 is 0 Å². The Morgan fingerprint density at radius 2 is 1.22 bits per heavy atom. The third kappa shape index (κ3) is 3.47. The van der Waals surface area contributed by atoms with Gasteiger partial charge in [0.05, 0.1) is 5.52 Å². The highest BCUT2D eigenvalue weighted by Gasteiger charge is 2.12. The van der Waals surface area contributed by atoms with Gasteiger partial charge in [0.2, 0.25) is 0 Å². The number of rotatable bonds is 3. The second-order valence-corrected chi connectivity index (χ2v) is 9.36. The molecule has 0 bridgehead atoms. The Kier molecular flexibility index (Phi) is 4.71. The van der Waals surface area contributed by atoms with Crippen LogP contribution in [0.25, 0.3) is 66.2 Å². The lowest BCUT2D eigenvalue weighted by Crippen LogP contribution is -1.86. The average Bonchev–Trinajstić information content (AvgIpc) is 3.32. The molecule has 2 heteroatoms. The summed E-state index contributed by atoms with van der Waals surface area (Å²) < 4.78 is 6.25. The van der Waals surface area contributed by atoms with Crippen LogP contribution in [0.1, 0.15) is 5.56 Å². The Morgan fingerprint density at radius 1 is 0.556 bits per heavy atom. The summed E-state index contributed by atoms with van der Waals surface area (Å²) in [5.41, 5.74) is 11.0. The molecule has 0 atom stereocenters. The van der Waals surface area contributed by atoms with Crippen molar-refractivity contribution in [3.8, 4) is 33.4 Å². The van der Waals surface area contributed by atoms with E-state index in [0.717, 1.165) is 55.1 Å². The zero-order valence-electron chi connectivity index (χ0n) is 19.9. The van der Waals surface area contributed by atoms with Crippen molar-refractivity contribution in [1.29, 1.82) is 0 Å². The van der Waals surface area contributed by atoms with Crippen LogP contribution in [0.3, 0.4) is 0 Å². The Labute approximate surface area is 209 Å². The van der Waals surface area contributed by atoms with Gasteiger partial charge < -0.3 is 4.42 Å². The van der Waals surface area contributed by atoms with E-state index < -0.39 is 0 Å². The molecule has 5 aromatic carbocycles. The smallest absolute Gasteiger partial charge is 0.143 e. The molecule has 170 valence electrons. The number of pyridine rings is 1. The molecule has 0 saturated heterocycles. The molecule has 7 aromatic rings. The van der Waals surface area contributed by atoms with E-state index in [0.29, 0.717) is 0 Å². The van der Waals surface area contributed by atoms with Gasteiger partial charge in [-0.1, -0.05) is 96.6 Å². The predicted molar refractivity (Wildman–Crippen MR) is 150 cm³/mol. The molecule has 0 aliphatic rings. The van der Waals surface area contributed by atoms with Crippen LogP contribution in [-0.2, 0) is 0 Å². The Morgan fingerprint density at radius 3 is 2.08 bits per heavy atom. The zero-order chi connectivity index (χ0) is 24.1. The van der Waals surface area contributed by atoms with Crippen LogP contribution < -0.4 is 0 Å². The fourth-order valence-corrected chi connectivity index (χ4v) is 5.03. The number of aromatic nitrogens is 1. The van der Waals surface area contributed by atoms with E-state index in [2.05, 4.69) is 110 Å². The SMILES string of the molecule is Cc1ccc(-c2ccc3ncc(-c4ccc(-c5cccc6c5oc5ccccc56)cc4)cc3c2)cc1. The monoisotopic (exact) mass is 461 g/mol. The predicted octanol–water partition coefficient (Wildman–Crippen LogP) is 9.44. The van der Waals surface area contributed by atoms with Gasteiger partial charge in [0.1, 0.15) is 11.2 Å². The third-order valence-corrected chi connectivity index (χ3v) is 7.00. The van der Waals surface area contributed by atoms with Crippen LogP contribution in [-0.4, -0.2) is 4.98 Å². The quantitative estimate of drug-likeness (QED) is 0.262. The highest BCUT2D eigenvalue weighted by atomic mass is 16.3. The molecule has 2 heterocycles. The minimum Gasteiger partial charge on any atom is -0.455 e. The van der Waals surface area contributed by atoms with Crippen LogP contribution in [0.4, 0.5) is 0 Å². The minimum absolute atomic E-state index is 0.920. The van der Waals surface area contributed by atoms with E-state index in [1.165, 1.54) is 16.7 Å². The summed E-state index contributed by atoms with van der Waals surface area (Å²) in [6.07, 6.45) is 1.96. The molecular weight excluding hydrogens is 438 g/mol. The van der Waals surface area contributed by atoms with Crippen molar-refractivity contribution < 1.29 is 4.42 Å². The third-order valence-electron chi connectivity index (χ3n) is 7.00. The van der Waals surface area contributed by atoms with Crippen LogP contribution in [0.2, 0.25) is 0 Å². The Balaban J connectivity index is 1.26. The topological polar surface area (TPSA) is 26.0 Å². The summed E-state index contributed by atoms with van der Waals surface area (Å²) in [6, 6.07) is 40.6. The van der Waals surface area contributed by atoms with Crippen molar-refractivity contribution in [2.45, 2.75) is 6.92 Å². The molecule has 0 spiro atoms. The molecule has 0 unspecified atom stereocenters. The van der Waals surface area contributed by atoms with E-state index in [1.54, 1.807) is 0 Å². The largest absolute Gasteiger partial charge is 0.455 e. The van der Waals surface area contributed by atoms with E-state index in [4.69, 9.17) is 9.40 Å². The Hall–Kier alpha value is -4.69. The number of hydrogen-bond acceptors (Lipinski definition) is 2. The maximum absolute atomic E-state index is 6.25. The van der Waals surface area contributed by atoms with Gasteiger partial charge in [-0.15, -0.1) is 0 Å². The second-order valence-electron chi connectivity index (χ2n) is 9.36.